The van der Waals surface area contributed by atoms with Crippen molar-refractivity contribution in [3.8, 4) is 5.75 Å². The number of para-hydroxylation sites is 2. The van der Waals surface area contributed by atoms with Crippen molar-refractivity contribution < 1.29 is 28.2 Å². The molecule has 27 heavy (non-hydrogen) atoms. The van der Waals surface area contributed by atoms with E-state index in [0.29, 0.717) is 17.0 Å². The van der Waals surface area contributed by atoms with Gasteiger partial charge in [-0.2, -0.15) is 0 Å². The summed E-state index contributed by atoms with van der Waals surface area (Å²) in [6.07, 6.45) is -1.37. The second-order valence-electron chi connectivity index (χ2n) is 5.82. The fraction of sp³-hybridized carbons (Fsp3) is 0.211. The Bertz CT molecular complexity index is 871. The van der Waals surface area contributed by atoms with Crippen LogP contribution >= 0.6 is 0 Å². The molecule has 0 fully saturated rings. The second kappa shape index (κ2) is 8.31. The van der Waals surface area contributed by atoms with Crippen LogP contribution in [0.5, 0.6) is 5.75 Å². The number of amides is 2. The van der Waals surface area contributed by atoms with E-state index in [0.717, 1.165) is 0 Å². The van der Waals surface area contributed by atoms with Gasteiger partial charge in [0.05, 0.1) is 12.1 Å². The maximum Gasteiger partial charge on any atom is 0.310 e. The van der Waals surface area contributed by atoms with E-state index in [1.54, 1.807) is 42.5 Å². The minimum Gasteiger partial charge on any atom is -0.478 e. The lowest BCUT2D eigenvalue weighted by Crippen LogP contribution is -2.39. The van der Waals surface area contributed by atoms with E-state index in [4.69, 9.17) is 9.47 Å². The molecule has 0 saturated heterocycles. The van der Waals surface area contributed by atoms with Gasteiger partial charge in [-0.15, -0.1) is 0 Å². The van der Waals surface area contributed by atoms with Crippen molar-refractivity contribution in [1.29, 1.82) is 0 Å². The van der Waals surface area contributed by atoms with Gasteiger partial charge < -0.3 is 20.1 Å². The van der Waals surface area contributed by atoms with Crippen LogP contribution in [0.4, 0.5) is 10.1 Å². The van der Waals surface area contributed by atoms with Gasteiger partial charge in [-0.25, -0.2) is 4.39 Å². The summed E-state index contributed by atoms with van der Waals surface area (Å²) in [5, 5.41) is 5.09. The number of carbonyl (C=O) groups is 3. The fourth-order valence-corrected chi connectivity index (χ4v) is 2.47. The summed E-state index contributed by atoms with van der Waals surface area (Å²) in [5.41, 5.74) is 0.850. The number of halogens is 1. The van der Waals surface area contributed by atoms with Crippen molar-refractivity contribution in [3.05, 3.63) is 59.9 Å². The normalized spacial score (nSPS) is 15.1. The van der Waals surface area contributed by atoms with Crippen LogP contribution in [-0.4, -0.2) is 30.5 Å². The molecule has 1 atom stereocenters. The summed E-state index contributed by atoms with van der Waals surface area (Å²) in [4.78, 5) is 35.6. The number of nitrogens with one attached hydrogen (secondary N) is 2. The van der Waals surface area contributed by atoms with E-state index in [1.165, 1.54) is 6.07 Å². The summed E-state index contributed by atoms with van der Waals surface area (Å²) in [6.45, 7) is -0.549. The highest BCUT2D eigenvalue weighted by molar-refractivity contribution is 5.99. The molecule has 3 rings (SSSR count). The van der Waals surface area contributed by atoms with Gasteiger partial charge >= 0.3 is 5.97 Å². The largest absolute Gasteiger partial charge is 0.478 e. The number of hydrogen-bond acceptors (Lipinski definition) is 5. The molecule has 0 aromatic heterocycles. The Hall–Kier alpha value is -3.42. The van der Waals surface area contributed by atoms with Gasteiger partial charge in [0.25, 0.3) is 11.8 Å². The lowest BCUT2D eigenvalue weighted by Gasteiger charge is -2.25. The third kappa shape index (κ3) is 4.81. The number of carbonyl (C=O) groups excluding carboxylic acids is 3. The maximum absolute atomic E-state index is 13.5. The third-order valence-corrected chi connectivity index (χ3v) is 3.86. The Balaban J connectivity index is 1.44. The third-order valence-electron chi connectivity index (χ3n) is 3.86. The number of hydrogen-bond donors (Lipinski definition) is 2. The van der Waals surface area contributed by atoms with Crippen LogP contribution in [0, 0.1) is 5.82 Å². The van der Waals surface area contributed by atoms with Crippen molar-refractivity contribution in [1.82, 2.24) is 5.32 Å². The van der Waals surface area contributed by atoms with Gasteiger partial charge in [-0.3, -0.25) is 14.4 Å². The van der Waals surface area contributed by atoms with Crippen LogP contribution in [0.25, 0.3) is 0 Å². The molecule has 1 heterocycles. The first kappa shape index (κ1) is 18.4. The van der Waals surface area contributed by atoms with E-state index in [1.807, 2.05) is 0 Å². The summed E-state index contributed by atoms with van der Waals surface area (Å²) < 4.78 is 23.8. The molecule has 2 aromatic rings. The number of ether oxygens (including phenoxy) is 2. The SMILES string of the molecule is O=C(COC(=O)C[C@H]1Oc2ccccc2NC1=O)NCc1ccccc1F. The van der Waals surface area contributed by atoms with Crippen LogP contribution in [0.1, 0.15) is 12.0 Å². The average Bonchev–Trinajstić information content (AvgIpc) is 2.66. The summed E-state index contributed by atoms with van der Waals surface area (Å²) in [7, 11) is 0. The van der Waals surface area contributed by atoms with E-state index >= 15 is 0 Å². The molecular weight excluding hydrogens is 355 g/mol. The van der Waals surface area contributed by atoms with Gasteiger partial charge in [-0.05, 0) is 18.2 Å². The monoisotopic (exact) mass is 372 g/mol. The zero-order valence-electron chi connectivity index (χ0n) is 14.2. The second-order valence-corrected chi connectivity index (χ2v) is 5.82. The van der Waals surface area contributed by atoms with Gasteiger partial charge in [0, 0.05) is 12.1 Å². The van der Waals surface area contributed by atoms with E-state index in [9.17, 15) is 18.8 Å². The van der Waals surface area contributed by atoms with Crippen LogP contribution in [0.15, 0.2) is 48.5 Å². The first-order valence-corrected chi connectivity index (χ1v) is 8.25. The van der Waals surface area contributed by atoms with E-state index < -0.39 is 36.3 Å². The highest BCUT2D eigenvalue weighted by Crippen LogP contribution is 2.29. The zero-order valence-corrected chi connectivity index (χ0v) is 14.2. The quantitative estimate of drug-likeness (QED) is 0.754. The number of anilines is 1. The number of fused-ring (bicyclic) bond motifs is 1. The molecule has 2 amide bonds. The molecule has 0 bridgehead atoms. The van der Waals surface area contributed by atoms with Gasteiger partial charge in [-0.1, -0.05) is 30.3 Å². The van der Waals surface area contributed by atoms with Gasteiger partial charge in [0.15, 0.2) is 12.7 Å². The first-order chi connectivity index (χ1) is 13.0. The van der Waals surface area contributed by atoms with Crippen LogP contribution < -0.4 is 15.4 Å². The summed E-state index contributed by atoms with van der Waals surface area (Å²) in [5.74, 6) is -1.77. The molecule has 0 radical (unpaired) electrons. The molecule has 7 nitrogen and oxygen atoms in total. The topological polar surface area (TPSA) is 93.7 Å². The number of rotatable bonds is 6. The minimum atomic E-state index is -1.03. The summed E-state index contributed by atoms with van der Waals surface area (Å²) >= 11 is 0. The minimum absolute atomic E-state index is 0.0199. The van der Waals surface area contributed by atoms with Crippen molar-refractivity contribution in [2.24, 2.45) is 0 Å². The van der Waals surface area contributed by atoms with Crippen molar-refractivity contribution in [2.75, 3.05) is 11.9 Å². The van der Waals surface area contributed by atoms with Crippen molar-refractivity contribution in [2.45, 2.75) is 19.1 Å². The lowest BCUT2D eigenvalue weighted by molar-refractivity contribution is -0.151. The molecule has 1 aliphatic heterocycles. The van der Waals surface area contributed by atoms with Crippen LogP contribution in [0.3, 0.4) is 0 Å². The smallest absolute Gasteiger partial charge is 0.310 e. The van der Waals surface area contributed by atoms with Crippen LogP contribution in [0.2, 0.25) is 0 Å². The molecule has 0 aliphatic carbocycles. The highest BCUT2D eigenvalue weighted by Gasteiger charge is 2.30. The summed E-state index contributed by atoms with van der Waals surface area (Å²) in [6, 6.07) is 12.9. The van der Waals surface area contributed by atoms with E-state index in [2.05, 4.69) is 10.6 Å². The number of benzene rings is 2. The predicted octanol–water partition coefficient (Wildman–Crippen LogP) is 1.77. The fourth-order valence-electron chi connectivity index (χ4n) is 2.47. The van der Waals surface area contributed by atoms with E-state index in [-0.39, 0.29) is 13.0 Å². The molecule has 140 valence electrons. The lowest BCUT2D eigenvalue weighted by atomic mass is 10.1. The molecule has 0 saturated carbocycles. The molecule has 8 heteroatoms. The highest BCUT2D eigenvalue weighted by atomic mass is 19.1. The van der Waals surface area contributed by atoms with Gasteiger partial charge in [0.2, 0.25) is 0 Å². The standard InChI is InChI=1S/C19H17FN2O5/c20-13-6-2-1-5-12(13)10-21-17(23)11-26-18(24)9-16-19(25)22-14-7-3-4-8-15(14)27-16/h1-8,16H,9-11H2,(H,21,23)(H,22,25)/t16-/m1/s1. The average molecular weight is 372 g/mol. The maximum atomic E-state index is 13.5. The van der Waals surface area contributed by atoms with Crippen molar-refractivity contribution in [3.63, 3.8) is 0 Å². The van der Waals surface area contributed by atoms with Crippen molar-refractivity contribution >= 4 is 23.5 Å². The Morgan fingerprint density at radius 1 is 1.15 bits per heavy atom. The Morgan fingerprint density at radius 2 is 1.89 bits per heavy atom. The molecule has 0 unspecified atom stereocenters. The molecular formula is C19H17FN2O5. The molecule has 0 spiro atoms. The first-order valence-electron chi connectivity index (χ1n) is 8.25. The molecule has 2 aromatic carbocycles. The Labute approximate surface area is 154 Å². The predicted molar refractivity (Wildman–Crippen MR) is 93.3 cm³/mol. The Kier molecular flexibility index (Phi) is 5.65. The zero-order chi connectivity index (χ0) is 19.2. The Morgan fingerprint density at radius 3 is 2.70 bits per heavy atom. The van der Waals surface area contributed by atoms with Crippen LogP contribution in [-0.2, 0) is 25.7 Å². The number of esters is 1. The molecule has 2 N–H and O–H groups in total. The molecule has 1 aliphatic rings. The van der Waals surface area contributed by atoms with Gasteiger partial charge in [0.1, 0.15) is 11.6 Å².